The first-order valence-corrected chi connectivity index (χ1v) is 15.7. The highest BCUT2D eigenvalue weighted by atomic mass is 19.4. The van der Waals surface area contributed by atoms with Gasteiger partial charge in [-0.15, -0.1) is 13.2 Å². The Balaban J connectivity index is 1.38. The molecule has 0 bridgehead atoms. The minimum atomic E-state index is -4.70. The van der Waals surface area contributed by atoms with Crippen LogP contribution in [0.2, 0.25) is 0 Å². The molecule has 1 saturated carbocycles. The number of halogens is 3. The van der Waals surface area contributed by atoms with Crippen LogP contribution in [0.3, 0.4) is 0 Å². The van der Waals surface area contributed by atoms with E-state index in [0.717, 1.165) is 51.2 Å². The molecule has 3 aromatic carbocycles. The second-order valence-electron chi connectivity index (χ2n) is 11.5. The van der Waals surface area contributed by atoms with Gasteiger partial charge in [-0.05, 0) is 79.1 Å². The molecule has 0 radical (unpaired) electrons. The molecule has 0 spiro atoms. The lowest BCUT2D eigenvalue weighted by molar-refractivity contribution is -0.274. The van der Waals surface area contributed by atoms with E-state index in [4.69, 9.17) is 9.98 Å². The summed E-state index contributed by atoms with van der Waals surface area (Å²) in [5, 5.41) is 4.66. The third-order valence-corrected chi connectivity index (χ3v) is 8.32. The molecule has 44 heavy (non-hydrogen) atoms. The molecule has 1 N–H and O–H groups in total. The fourth-order valence-corrected chi connectivity index (χ4v) is 5.95. The first kappa shape index (κ1) is 31.3. The van der Waals surface area contributed by atoms with Gasteiger partial charge in [-0.1, -0.05) is 100 Å². The van der Waals surface area contributed by atoms with Crippen LogP contribution in [-0.4, -0.2) is 17.1 Å². The van der Waals surface area contributed by atoms with E-state index in [2.05, 4.69) is 30.0 Å². The number of rotatable bonds is 8. The molecule has 0 atom stereocenters. The summed E-state index contributed by atoms with van der Waals surface area (Å²) < 4.78 is 41.2. The van der Waals surface area contributed by atoms with Crippen LogP contribution in [-0.2, 0) is 0 Å². The highest BCUT2D eigenvalue weighted by Crippen LogP contribution is 2.37. The maximum atomic E-state index is 12.4. The summed E-state index contributed by atoms with van der Waals surface area (Å²) in [4.78, 5) is 10.4. The fourth-order valence-electron chi connectivity index (χ4n) is 5.95. The van der Waals surface area contributed by atoms with E-state index >= 15 is 0 Å². The number of hydrogen-bond acceptors (Lipinski definition) is 4. The van der Waals surface area contributed by atoms with E-state index in [-0.39, 0.29) is 5.75 Å². The molecule has 0 saturated heterocycles. The van der Waals surface area contributed by atoms with Gasteiger partial charge in [-0.25, -0.2) is 4.98 Å². The van der Waals surface area contributed by atoms with Gasteiger partial charge in [0, 0.05) is 16.8 Å². The van der Waals surface area contributed by atoms with Gasteiger partial charge >= 0.3 is 6.36 Å². The molecule has 4 aromatic rings. The van der Waals surface area contributed by atoms with Crippen molar-refractivity contribution >= 4 is 46.0 Å². The second kappa shape index (κ2) is 14.6. The van der Waals surface area contributed by atoms with Crippen molar-refractivity contribution in [2.45, 2.75) is 78.0 Å². The number of para-hydroxylation sites is 1. The largest absolute Gasteiger partial charge is 0.573 e. The first-order valence-electron chi connectivity index (χ1n) is 15.7. The predicted molar refractivity (Wildman–Crippen MR) is 176 cm³/mol. The Bertz CT molecular complexity index is 1580. The summed E-state index contributed by atoms with van der Waals surface area (Å²) in [5.74, 6) is 1.02. The summed E-state index contributed by atoms with van der Waals surface area (Å²) in [6.07, 6.45) is 10.2. The Morgan fingerprint density at radius 3 is 2.07 bits per heavy atom. The number of anilines is 2. The van der Waals surface area contributed by atoms with E-state index in [1.165, 1.54) is 69.2 Å². The molecule has 0 aliphatic heterocycles. The molecule has 5 rings (SSSR count). The van der Waals surface area contributed by atoms with Crippen molar-refractivity contribution in [3.05, 3.63) is 89.5 Å². The van der Waals surface area contributed by atoms with Crippen LogP contribution < -0.4 is 10.1 Å². The SMILES string of the molecule is CCC(=Nc1c(Nc2ccc(/C=C/c3ccc(OC(F)(F)F)cc3)cc2)nc2ccccc2c1C)C1CCCCCCCC1. The lowest BCUT2D eigenvalue weighted by Gasteiger charge is -2.20. The van der Waals surface area contributed by atoms with E-state index in [1.807, 2.05) is 54.6 Å². The molecule has 0 amide bonds. The van der Waals surface area contributed by atoms with Crippen LogP contribution in [0.1, 0.15) is 81.4 Å². The Kier molecular flexibility index (Phi) is 10.4. The lowest BCUT2D eigenvalue weighted by atomic mass is 9.90. The van der Waals surface area contributed by atoms with E-state index in [1.54, 1.807) is 12.1 Å². The van der Waals surface area contributed by atoms with Gasteiger partial charge in [0.05, 0.1) is 5.52 Å². The van der Waals surface area contributed by atoms with Crippen molar-refractivity contribution in [1.82, 2.24) is 4.98 Å². The third kappa shape index (κ3) is 8.49. The minimum absolute atomic E-state index is 0.238. The summed E-state index contributed by atoms with van der Waals surface area (Å²) in [5.41, 5.74) is 6.86. The number of alkyl halides is 3. The van der Waals surface area contributed by atoms with Crippen LogP contribution in [0.5, 0.6) is 5.75 Å². The third-order valence-electron chi connectivity index (χ3n) is 8.32. The fraction of sp³-hybridized carbons (Fsp3) is 0.351. The molecule has 7 heteroatoms. The van der Waals surface area contributed by atoms with Gasteiger partial charge in [0.25, 0.3) is 0 Å². The number of aryl methyl sites for hydroxylation is 1. The van der Waals surface area contributed by atoms with Gasteiger partial charge in [0.2, 0.25) is 0 Å². The van der Waals surface area contributed by atoms with E-state index in [0.29, 0.717) is 5.92 Å². The number of ether oxygens (including phenoxy) is 1. The summed E-state index contributed by atoms with van der Waals surface area (Å²) >= 11 is 0. The average molecular weight is 600 g/mol. The monoisotopic (exact) mass is 599 g/mol. The van der Waals surface area contributed by atoms with Crippen molar-refractivity contribution in [3.63, 3.8) is 0 Å². The average Bonchev–Trinajstić information content (AvgIpc) is 3.15. The normalized spacial score (nSPS) is 15.6. The van der Waals surface area contributed by atoms with Crippen LogP contribution >= 0.6 is 0 Å². The number of aromatic nitrogens is 1. The summed E-state index contributed by atoms with van der Waals surface area (Å²) in [6, 6.07) is 22.0. The quantitative estimate of drug-likeness (QED) is 0.162. The van der Waals surface area contributed by atoms with Crippen LogP contribution in [0.15, 0.2) is 77.8 Å². The zero-order chi connectivity index (χ0) is 30.9. The number of fused-ring (bicyclic) bond motifs is 1. The van der Waals surface area contributed by atoms with Gasteiger partial charge in [-0.2, -0.15) is 0 Å². The topological polar surface area (TPSA) is 46.5 Å². The van der Waals surface area contributed by atoms with Crippen molar-refractivity contribution in [3.8, 4) is 5.75 Å². The number of pyridine rings is 1. The van der Waals surface area contributed by atoms with Gasteiger partial charge in [-0.3, -0.25) is 4.99 Å². The molecule has 4 nitrogen and oxygen atoms in total. The molecule has 1 aliphatic carbocycles. The molecule has 1 heterocycles. The van der Waals surface area contributed by atoms with Crippen molar-refractivity contribution < 1.29 is 17.9 Å². The summed E-state index contributed by atoms with van der Waals surface area (Å²) in [6.45, 7) is 4.36. The highest BCUT2D eigenvalue weighted by Gasteiger charge is 2.30. The molecular formula is C37H40F3N3O. The Hall–Kier alpha value is -4.13. The van der Waals surface area contributed by atoms with Crippen molar-refractivity contribution in [1.29, 1.82) is 0 Å². The zero-order valence-electron chi connectivity index (χ0n) is 25.5. The molecule has 0 unspecified atom stereocenters. The minimum Gasteiger partial charge on any atom is -0.406 e. The number of nitrogens with zero attached hydrogens (tertiary/aromatic N) is 2. The van der Waals surface area contributed by atoms with E-state index in [9.17, 15) is 13.2 Å². The number of aliphatic imine (C=N–C) groups is 1. The van der Waals surface area contributed by atoms with E-state index < -0.39 is 6.36 Å². The zero-order valence-corrected chi connectivity index (χ0v) is 25.5. The van der Waals surface area contributed by atoms with Gasteiger partial charge < -0.3 is 10.1 Å². The smallest absolute Gasteiger partial charge is 0.406 e. The first-order chi connectivity index (χ1) is 21.3. The van der Waals surface area contributed by atoms with Crippen LogP contribution in [0, 0.1) is 12.8 Å². The number of nitrogens with one attached hydrogen (secondary N) is 1. The Morgan fingerprint density at radius 1 is 0.864 bits per heavy atom. The lowest BCUT2D eigenvalue weighted by Crippen LogP contribution is -2.16. The molecule has 230 valence electrons. The maximum Gasteiger partial charge on any atom is 0.573 e. The number of benzene rings is 3. The van der Waals surface area contributed by atoms with Crippen LogP contribution in [0.4, 0.5) is 30.4 Å². The van der Waals surface area contributed by atoms with Gasteiger partial charge in [0.15, 0.2) is 5.82 Å². The Morgan fingerprint density at radius 2 is 1.45 bits per heavy atom. The van der Waals surface area contributed by atoms with Crippen LogP contribution in [0.25, 0.3) is 23.1 Å². The maximum absolute atomic E-state index is 12.4. The standard InChI is InChI=1S/C37H40F3N3O/c1-3-33(29-12-8-6-4-5-7-9-13-29)42-35-26(2)32-14-10-11-15-34(32)43-36(35)41-30-22-18-27(19-23-30)16-17-28-20-24-31(25-21-28)44-37(38,39)40/h10-11,14-25,29H,3-9,12-13H2,1-2H3,(H,41,43)/b17-16+,42-33?. The molecular weight excluding hydrogens is 559 g/mol. The van der Waals surface area contributed by atoms with Crippen molar-refractivity contribution in [2.24, 2.45) is 10.9 Å². The second-order valence-corrected chi connectivity index (χ2v) is 11.5. The molecule has 1 aliphatic rings. The van der Waals surface area contributed by atoms with Gasteiger partial charge in [0.1, 0.15) is 11.4 Å². The highest BCUT2D eigenvalue weighted by molar-refractivity contribution is 5.96. The summed E-state index contributed by atoms with van der Waals surface area (Å²) in [7, 11) is 0. The predicted octanol–water partition coefficient (Wildman–Crippen LogP) is 11.6. The molecule has 1 aromatic heterocycles. The number of hydrogen-bond donors (Lipinski definition) is 1. The Labute approximate surface area is 258 Å². The molecule has 1 fully saturated rings. The van der Waals surface area contributed by atoms with Crippen molar-refractivity contribution in [2.75, 3.05) is 5.32 Å².